The van der Waals surface area contributed by atoms with E-state index in [-0.39, 0.29) is 5.41 Å². The Bertz CT molecular complexity index is 792. The van der Waals surface area contributed by atoms with Crippen LogP contribution in [0.5, 0.6) is 0 Å². The molecule has 4 nitrogen and oxygen atoms in total. The molecule has 1 N–H and O–H groups in total. The molecule has 0 radical (unpaired) electrons. The summed E-state index contributed by atoms with van der Waals surface area (Å²) in [7, 11) is 0. The molecule has 0 heterocycles. The number of benzene rings is 1. The lowest BCUT2D eigenvalue weighted by atomic mass is 9.75. The van der Waals surface area contributed by atoms with Gasteiger partial charge in [-0.25, -0.2) is 0 Å². The lowest BCUT2D eigenvalue weighted by Gasteiger charge is -2.31. The summed E-state index contributed by atoms with van der Waals surface area (Å²) >= 11 is 0. The Morgan fingerprint density at radius 3 is 2.59 bits per heavy atom. The van der Waals surface area contributed by atoms with Gasteiger partial charge in [0.1, 0.15) is 6.07 Å². The monoisotopic (exact) mass is 390 g/mol. The zero-order chi connectivity index (χ0) is 21.5. The zero-order valence-corrected chi connectivity index (χ0v) is 18.2. The quantitative estimate of drug-likeness (QED) is 0.185. The Morgan fingerprint density at radius 1 is 1.21 bits per heavy atom. The van der Waals surface area contributed by atoms with Crippen molar-refractivity contribution in [2.24, 2.45) is 4.99 Å². The molecule has 0 saturated carbocycles. The van der Waals surface area contributed by atoms with Crippen LogP contribution in [0.1, 0.15) is 70.4 Å². The van der Waals surface area contributed by atoms with Gasteiger partial charge < -0.3 is 5.32 Å². The van der Waals surface area contributed by atoms with Gasteiger partial charge in [-0.2, -0.15) is 10.5 Å². The standard InChI is InChI=1S/C25H34N4/c1-5-8-15-28-20-22(19-27)12-14-25(4,13-7-3)23-17-21(18-26)10-11-24(23)29-16-9-6-2/h7,10-12,17,20,29H,3,5-6,8-9,13-16H2,1-2,4H3/b22-12+,28-20?. The molecule has 0 amide bonds. The first-order valence-corrected chi connectivity index (χ1v) is 10.5. The highest BCUT2D eigenvalue weighted by molar-refractivity contribution is 5.83. The second kappa shape index (κ2) is 13.3. The van der Waals surface area contributed by atoms with Crippen LogP contribution >= 0.6 is 0 Å². The summed E-state index contributed by atoms with van der Waals surface area (Å²) in [6.45, 7) is 12.0. The molecule has 0 saturated heterocycles. The Hall–Kier alpha value is -2.85. The van der Waals surface area contributed by atoms with Crippen LogP contribution in [-0.4, -0.2) is 19.3 Å². The number of hydrogen-bond donors (Lipinski definition) is 1. The predicted octanol–water partition coefficient (Wildman–Crippen LogP) is 6.32. The summed E-state index contributed by atoms with van der Waals surface area (Å²) in [6.07, 6.45) is 11.3. The maximum atomic E-state index is 9.47. The van der Waals surface area contributed by atoms with Crippen LogP contribution in [-0.2, 0) is 5.41 Å². The van der Waals surface area contributed by atoms with E-state index < -0.39 is 0 Å². The first-order valence-electron chi connectivity index (χ1n) is 10.5. The Morgan fingerprint density at radius 2 is 1.97 bits per heavy atom. The number of aliphatic imine (C=N–C) groups is 1. The molecule has 1 rings (SSSR count). The van der Waals surface area contributed by atoms with E-state index in [2.05, 4.69) is 49.8 Å². The number of nitriles is 2. The third-order valence-electron chi connectivity index (χ3n) is 5.01. The van der Waals surface area contributed by atoms with Crippen LogP contribution in [0.2, 0.25) is 0 Å². The van der Waals surface area contributed by atoms with Crippen LogP contribution in [0.4, 0.5) is 5.69 Å². The van der Waals surface area contributed by atoms with Crippen molar-refractivity contribution in [1.29, 1.82) is 10.5 Å². The summed E-state index contributed by atoms with van der Waals surface area (Å²) in [6, 6.07) is 10.3. The van der Waals surface area contributed by atoms with Gasteiger partial charge in [-0.15, -0.1) is 6.58 Å². The average molecular weight is 391 g/mol. The Labute approximate surface area is 176 Å². The maximum absolute atomic E-state index is 9.47. The van der Waals surface area contributed by atoms with Gasteiger partial charge in [0.05, 0.1) is 17.2 Å². The van der Waals surface area contributed by atoms with Crippen LogP contribution in [0, 0.1) is 22.7 Å². The summed E-state index contributed by atoms with van der Waals surface area (Å²) in [4.78, 5) is 4.36. The fourth-order valence-corrected chi connectivity index (χ4v) is 3.16. The average Bonchev–Trinajstić information content (AvgIpc) is 2.73. The normalized spacial score (nSPS) is 13.5. The fraction of sp³-hybridized carbons (Fsp3) is 0.480. The molecule has 0 fully saturated rings. The number of unbranched alkanes of at least 4 members (excludes halogenated alkanes) is 2. The smallest absolute Gasteiger partial charge is 0.100 e. The minimum Gasteiger partial charge on any atom is -0.385 e. The molecule has 0 bridgehead atoms. The molecular formula is C25H34N4. The van der Waals surface area contributed by atoms with E-state index in [1.165, 1.54) is 0 Å². The Balaban J connectivity index is 3.22. The van der Waals surface area contributed by atoms with Crippen molar-refractivity contribution in [3.05, 3.63) is 53.6 Å². The molecule has 154 valence electrons. The van der Waals surface area contributed by atoms with Crippen molar-refractivity contribution in [2.75, 3.05) is 18.4 Å². The van der Waals surface area contributed by atoms with Crippen LogP contribution in [0.25, 0.3) is 0 Å². The molecule has 1 unspecified atom stereocenters. The van der Waals surface area contributed by atoms with E-state index in [0.29, 0.717) is 17.6 Å². The number of rotatable bonds is 13. The molecule has 1 aromatic rings. The molecule has 0 aliphatic heterocycles. The number of anilines is 1. The number of hydrogen-bond acceptors (Lipinski definition) is 4. The molecule has 0 spiro atoms. The number of nitrogens with one attached hydrogen (secondary N) is 1. The predicted molar refractivity (Wildman–Crippen MR) is 123 cm³/mol. The fourth-order valence-electron chi connectivity index (χ4n) is 3.16. The van der Waals surface area contributed by atoms with E-state index in [4.69, 9.17) is 0 Å². The van der Waals surface area contributed by atoms with Crippen LogP contribution in [0.15, 0.2) is 47.5 Å². The van der Waals surface area contributed by atoms with Crippen LogP contribution in [0.3, 0.4) is 0 Å². The van der Waals surface area contributed by atoms with Crippen molar-refractivity contribution >= 4 is 11.9 Å². The van der Waals surface area contributed by atoms with Gasteiger partial charge in [0.15, 0.2) is 0 Å². The van der Waals surface area contributed by atoms with Gasteiger partial charge in [0, 0.05) is 30.4 Å². The minimum absolute atomic E-state index is 0.275. The largest absolute Gasteiger partial charge is 0.385 e. The van der Waals surface area contributed by atoms with Crippen molar-refractivity contribution in [3.8, 4) is 12.1 Å². The molecule has 0 aromatic heterocycles. The lowest BCUT2D eigenvalue weighted by Crippen LogP contribution is -2.23. The summed E-state index contributed by atoms with van der Waals surface area (Å²) in [5.41, 5.74) is 3.08. The van der Waals surface area contributed by atoms with Gasteiger partial charge in [-0.1, -0.05) is 45.8 Å². The van der Waals surface area contributed by atoms with Gasteiger partial charge in [-0.05, 0) is 49.4 Å². The number of nitrogens with zero attached hydrogens (tertiary/aromatic N) is 3. The Kier molecular flexibility index (Phi) is 11.1. The van der Waals surface area contributed by atoms with Gasteiger partial charge in [0.25, 0.3) is 0 Å². The summed E-state index contributed by atoms with van der Waals surface area (Å²) in [5.74, 6) is 0. The molecule has 0 aliphatic rings. The minimum atomic E-state index is -0.275. The molecular weight excluding hydrogens is 356 g/mol. The summed E-state index contributed by atoms with van der Waals surface area (Å²) in [5, 5.41) is 22.4. The van der Waals surface area contributed by atoms with Gasteiger partial charge in [-0.3, -0.25) is 4.99 Å². The SMILES string of the molecule is C=CCC(C)(C/C=C(\C#N)C=NCCCC)c1cc(C#N)ccc1NCCCC. The van der Waals surface area contributed by atoms with E-state index in [0.717, 1.165) is 56.4 Å². The third-order valence-corrected chi connectivity index (χ3v) is 5.01. The maximum Gasteiger partial charge on any atom is 0.100 e. The highest BCUT2D eigenvalue weighted by atomic mass is 14.9. The van der Waals surface area contributed by atoms with Crippen molar-refractivity contribution in [1.82, 2.24) is 0 Å². The third kappa shape index (κ3) is 7.96. The van der Waals surface area contributed by atoms with Crippen molar-refractivity contribution < 1.29 is 0 Å². The van der Waals surface area contributed by atoms with E-state index >= 15 is 0 Å². The molecule has 4 heteroatoms. The van der Waals surface area contributed by atoms with Crippen molar-refractivity contribution in [2.45, 2.75) is 64.7 Å². The highest BCUT2D eigenvalue weighted by Crippen LogP contribution is 2.38. The van der Waals surface area contributed by atoms with Crippen LogP contribution < -0.4 is 5.32 Å². The second-order valence-corrected chi connectivity index (χ2v) is 7.57. The summed E-state index contributed by atoms with van der Waals surface area (Å²) < 4.78 is 0. The first-order chi connectivity index (χ1) is 14.0. The lowest BCUT2D eigenvalue weighted by molar-refractivity contribution is 0.486. The highest BCUT2D eigenvalue weighted by Gasteiger charge is 2.27. The van der Waals surface area contributed by atoms with E-state index in [1.807, 2.05) is 30.4 Å². The number of allylic oxidation sites excluding steroid dienone is 3. The first kappa shape index (κ1) is 24.2. The second-order valence-electron chi connectivity index (χ2n) is 7.57. The van der Waals surface area contributed by atoms with Crippen molar-refractivity contribution in [3.63, 3.8) is 0 Å². The van der Waals surface area contributed by atoms with Gasteiger partial charge in [0.2, 0.25) is 0 Å². The molecule has 29 heavy (non-hydrogen) atoms. The molecule has 1 atom stereocenters. The topological polar surface area (TPSA) is 72.0 Å². The van der Waals surface area contributed by atoms with E-state index in [1.54, 1.807) is 6.21 Å². The van der Waals surface area contributed by atoms with E-state index in [9.17, 15) is 10.5 Å². The van der Waals surface area contributed by atoms with Gasteiger partial charge >= 0.3 is 0 Å². The molecule has 1 aromatic carbocycles. The molecule has 0 aliphatic carbocycles. The zero-order valence-electron chi connectivity index (χ0n) is 18.2.